The highest BCUT2D eigenvalue weighted by atomic mass is 35.5. The molecule has 55 heavy (non-hydrogen) atoms. The van der Waals surface area contributed by atoms with Crippen LogP contribution < -0.4 is 14.8 Å². The van der Waals surface area contributed by atoms with Gasteiger partial charge in [0.2, 0.25) is 11.8 Å². The summed E-state index contributed by atoms with van der Waals surface area (Å²) in [6, 6.07) is 12.9. The fourth-order valence-corrected chi connectivity index (χ4v) is 7.99. The lowest BCUT2D eigenvalue weighted by Crippen LogP contribution is -2.43. The van der Waals surface area contributed by atoms with E-state index < -0.39 is 17.8 Å². The molecular formula is C41H46Cl3N5O6. The third-order valence-corrected chi connectivity index (χ3v) is 10.7. The number of methoxy groups -OCH3 is 2. The van der Waals surface area contributed by atoms with Crippen LogP contribution in [0, 0.1) is 0 Å². The summed E-state index contributed by atoms with van der Waals surface area (Å²) in [6.07, 6.45) is 2.53. The van der Waals surface area contributed by atoms with E-state index in [2.05, 4.69) is 21.3 Å². The molecule has 2 N–H and O–H groups in total. The molecule has 6 rings (SSSR count). The maximum absolute atomic E-state index is 13.4. The van der Waals surface area contributed by atoms with Crippen LogP contribution in [0.25, 0.3) is 33.6 Å². The van der Waals surface area contributed by atoms with Gasteiger partial charge in [-0.05, 0) is 70.4 Å². The highest BCUT2D eigenvalue weighted by Crippen LogP contribution is 2.44. The number of hydrogen-bond donors (Lipinski definition) is 2. The first-order valence-electron chi connectivity index (χ1n) is 18.2. The first kappa shape index (κ1) is 40.5. The van der Waals surface area contributed by atoms with Crippen molar-refractivity contribution in [2.75, 3.05) is 33.9 Å². The zero-order valence-corrected chi connectivity index (χ0v) is 34.1. The number of carbonyl (C=O) groups is 2. The number of fused-ring (bicyclic) bond motifs is 1. The molecule has 0 aliphatic carbocycles. The molecular weight excluding hydrogens is 765 g/mol. The molecule has 14 heteroatoms. The number of amides is 2. The summed E-state index contributed by atoms with van der Waals surface area (Å²) in [4.78, 5) is 38.5. The van der Waals surface area contributed by atoms with Crippen molar-refractivity contribution in [3.8, 4) is 45.3 Å². The molecule has 2 amide bonds. The molecule has 0 radical (unpaired) electrons. The normalized spacial score (nSPS) is 16.3. The van der Waals surface area contributed by atoms with Gasteiger partial charge in [0.1, 0.15) is 11.4 Å². The van der Waals surface area contributed by atoms with Gasteiger partial charge in [-0.15, -0.1) is 0 Å². The smallest absolute Gasteiger partial charge is 0.410 e. The zero-order valence-electron chi connectivity index (χ0n) is 31.8. The molecule has 2 atom stereocenters. The van der Waals surface area contributed by atoms with Crippen molar-refractivity contribution in [2.45, 2.75) is 77.8 Å². The lowest BCUT2D eigenvalue weighted by Gasteiger charge is -2.31. The average Bonchev–Trinajstić information content (AvgIpc) is 3.55. The third-order valence-electron chi connectivity index (χ3n) is 9.60. The van der Waals surface area contributed by atoms with Crippen molar-refractivity contribution in [3.63, 3.8) is 0 Å². The quantitative estimate of drug-likeness (QED) is 0.154. The van der Waals surface area contributed by atoms with E-state index in [9.17, 15) is 14.7 Å². The second kappa shape index (κ2) is 16.9. The van der Waals surface area contributed by atoms with Gasteiger partial charge in [0.05, 0.1) is 58.9 Å². The van der Waals surface area contributed by atoms with Gasteiger partial charge in [-0.25, -0.2) is 9.78 Å². The Morgan fingerprint density at radius 2 is 1.80 bits per heavy atom. The Bertz CT molecular complexity index is 2070. The summed E-state index contributed by atoms with van der Waals surface area (Å²) >= 11 is 21.3. The van der Waals surface area contributed by atoms with Crippen molar-refractivity contribution in [1.29, 1.82) is 0 Å². The van der Waals surface area contributed by atoms with Gasteiger partial charge in [0.25, 0.3) is 0 Å². The van der Waals surface area contributed by atoms with Crippen LogP contribution in [-0.4, -0.2) is 88.5 Å². The van der Waals surface area contributed by atoms with Crippen molar-refractivity contribution in [1.82, 2.24) is 25.1 Å². The SMILES string of the molecule is COc1cc(-c2nccc(-c3cccc(-c4cc(Cl)c(CN(C[C@@H]5CCC(=O)N5)C(=O)OC(C)(C)C)c(OC)n4)c3Cl)c2Cl)cc2c1CN(C[C@@H](C)O)CC2. The molecule has 0 spiro atoms. The highest BCUT2D eigenvalue weighted by molar-refractivity contribution is 6.39. The number of aliphatic hydroxyl groups excluding tert-OH is 1. The molecule has 1 saturated heterocycles. The minimum atomic E-state index is -0.736. The Labute approximate surface area is 336 Å². The summed E-state index contributed by atoms with van der Waals surface area (Å²) in [5, 5.41) is 14.0. The molecule has 2 aliphatic rings. The van der Waals surface area contributed by atoms with Crippen LogP contribution >= 0.6 is 34.8 Å². The number of aliphatic hydroxyl groups is 1. The molecule has 0 saturated carbocycles. The second-order valence-corrected chi connectivity index (χ2v) is 16.1. The van der Waals surface area contributed by atoms with E-state index in [0.29, 0.717) is 74.6 Å². The van der Waals surface area contributed by atoms with Crippen LogP contribution in [0.5, 0.6) is 11.6 Å². The monoisotopic (exact) mass is 809 g/mol. The predicted molar refractivity (Wildman–Crippen MR) is 215 cm³/mol. The molecule has 4 heterocycles. The Morgan fingerprint density at radius 3 is 2.47 bits per heavy atom. The Morgan fingerprint density at radius 1 is 1.05 bits per heavy atom. The van der Waals surface area contributed by atoms with Gasteiger partial charge in [0.15, 0.2) is 0 Å². The summed E-state index contributed by atoms with van der Waals surface area (Å²) in [5.74, 6) is 0.901. The molecule has 2 aliphatic heterocycles. The largest absolute Gasteiger partial charge is 0.496 e. The fraction of sp³-hybridized carbons (Fsp3) is 0.415. The standard InChI is InChI=1S/C41H46Cl3N5O6/c1-23(50)19-48-15-13-24-16-25(17-34(53-5)30(24)21-48)38-37(44)28(12-14-45-38)27-8-7-9-29(36(27)43)33-18-32(42)31(39(47-33)54-6)22-49(40(52)55-41(2,3)4)20-26-10-11-35(51)46-26/h7-9,12,14,16-18,23,26,50H,10-11,13,15,19-22H2,1-6H3,(H,46,51)/t23-,26+/m1/s1. The van der Waals surface area contributed by atoms with Gasteiger partial charge in [-0.2, -0.15) is 0 Å². The minimum Gasteiger partial charge on any atom is -0.496 e. The Kier molecular flexibility index (Phi) is 12.5. The van der Waals surface area contributed by atoms with Crippen molar-refractivity contribution in [3.05, 3.63) is 80.4 Å². The topological polar surface area (TPSA) is 126 Å². The first-order chi connectivity index (χ1) is 26.1. The van der Waals surface area contributed by atoms with Crippen molar-refractivity contribution < 1.29 is 28.9 Å². The number of ether oxygens (including phenoxy) is 3. The van der Waals surface area contributed by atoms with E-state index in [1.54, 1.807) is 47.1 Å². The second-order valence-electron chi connectivity index (χ2n) is 15.0. The van der Waals surface area contributed by atoms with Crippen LogP contribution in [0.15, 0.2) is 48.7 Å². The number of nitrogens with zero attached hydrogens (tertiary/aromatic N) is 4. The molecule has 11 nitrogen and oxygen atoms in total. The van der Waals surface area contributed by atoms with E-state index >= 15 is 0 Å². The third kappa shape index (κ3) is 9.30. The Balaban J connectivity index is 1.32. The number of hydrogen-bond acceptors (Lipinski definition) is 9. The van der Waals surface area contributed by atoms with Crippen LogP contribution in [-0.2, 0) is 29.0 Å². The molecule has 292 valence electrons. The lowest BCUT2D eigenvalue weighted by atomic mass is 9.93. The van der Waals surface area contributed by atoms with Crippen molar-refractivity contribution >= 4 is 46.8 Å². The highest BCUT2D eigenvalue weighted by Gasteiger charge is 2.31. The molecule has 0 unspecified atom stereocenters. The fourth-order valence-electron chi connectivity index (χ4n) is 7.10. The molecule has 0 bridgehead atoms. The van der Waals surface area contributed by atoms with Crippen LogP contribution in [0.3, 0.4) is 0 Å². The van der Waals surface area contributed by atoms with Crippen molar-refractivity contribution in [2.24, 2.45) is 0 Å². The maximum atomic E-state index is 13.4. The number of nitrogens with one attached hydrogen (secondary N) is 1. The lowest BCUT2D eigenvalue weighted by molar-refractivity contribution is -0.119. The number of pyridine rings is 2. The maximum Gasteiger partial charge on any atom is 0.410 e. The van der Waals surface area contributed by atoms with E-state index in [1.807, 2.05) is 30.3 Å². The number of aromatic nitrogens is 2. The number of rotatable bonds is 11. The summed E-state index contributed by atoms with van der Waals surface area (Å²) in [5.41, 5.74) is 5.80. The molecule has 4 aromatic rings. The van der Waals surface area contributed by atoms with Crippen LogP contribution in [0.2, 0.25) is 15.1 Å². The van der Waals surface area contributed by atoms with E-state index in [0.717, 1.165) is 35.4 Å². The van der Waals surface area contributed by atoms with Gasteiger partial charge in [-0.3, -0.25) is 14.7 Å². The molecule has 2 aromatic carbocycles. The van der Waals surface area contributed by atoms with Gasteiger partial charge in [0, 0.05) is 72.7 Å². The van der Waals surface area contributed by atoms with E-state index in [4.69, 9.17) is 54.0 Å². The van der Waals surface area contributed by atoms with Crippen LogP contribution in [0.4, 0.5) is 4.79 Å². The molecule has 1 fully saturated rings. The number of β-amino-alcohol motifs (C(OH)–C–C–N with tert-alkyl or cyclic N) is 1. The van der Waals surface area contributed by atoms with Gasteiger partial charge in [-0.1, -0.05) is 53.0 Å². The number of carbonyl (C=O) groups excluding carboxylic acids is 2. The van der Waals surface area contributed by atoms with E-state index in [-0.39, 0.29) is 30.9 Å². The van der Waals surface area contributed by atoms with E-state index in [1.165, 1.54) is 12.0 Å². The summed E-state index contributed by atoms with van der Waals surface area (Å²) < 4.78 is 17.3. The van der Waals surface area contributed by atoms with Gasteiger partial charge < -0.3 is 29.5 Å². The number of benzene rings is 2. The summed E-state index contributed by atoms with van der Waals surface area (Å²) in [7, 11) is 3.14. The minimum absolute atomic E-state index is 0.0351. The zero-order chi connectivity index (χ0) is 39.6. The Hall–Kier alpha value is -4.13. The predicted octanol–water partition coefficient (Wildman–Crippen LogP) is 8.21. The molecule has 2 aromatic heterocycles. The van der Waals surface area contributed by atoms with Crippen LogP contribution in [0.1, 0.15) is 57.2 Å². The van der Waals surface area contributed by atoms with Gasteiger partial charge >= 0.3 is 6.09 Å². The first-order valence-corrected chi connectivity index (χ1v) is 19.3. The summed E-state index contributed by atoms with van der Waals surface area (Å²) in [6.45, 7) is 9.53. The number of halogens is 3. The average molecular weight is 811 g/mol.